The number of aliphatic imine (C=N–C) groups is 1. The van der Waals surface area contributed by atoms with E-state index < -0.39 is 0 Å². The quantitative estimate of drug-likeness (QED) is 0.354. The number of guanidine groups is 1. The predicted molar refractivity (Wildman–Crippen MR) is 142 cm³/mol. The van der Waals surface area contributed by atoms with Gasteiger partial charge < -0.3 is 15.1 Å². The van der Waals surface area contributed by atoms with Crippen LogP contribution in [0, 0.1) is 13.8 Å². The van der Waals surface area contributed by atoms with E-state index in [1.807, 2.05) is 7.05 Å². The number of hydrogen-bond donors (Lipinski definition) is 1. The zero-order valence-corrected chi connectivity index (χ0v) is 22.0. The molecule has 0 saturated carbocycles. The predicted octanol–water partition coefficient (Wildman–Crippen LogP) is 2.79. The number of hydrogen-bond acceptors (Lipinski definition) is 4. The molecule has 31 heavy (non-hydrogen) atoms. The molecule has 174 valence electrons. The Labute approximate surface area is 206 Å². The van der Waals surface area contributed by atoms with Crippen LogP contribution in [0.3, 0.4) is 0 Å². The molecule has 1 atom stereocenters. The molecule has 0 amide bonds. The zero-order valence-electron chi connectivity index (χ0n) is 19.6. The number of anilines is 1. The molecule has 1 unspecified atom stereocenters. The van der Waals surface area contributed by atoms with Crippen LogP contribution >= 0.6 is 24.0 Å². The highest BCUT2D eigenvalue weighted by molar-refractivity contribution is 14.0. The van der Waals surface area contributed by atoms with Crippen molar-refractivity contribution in [3.05, 3.63) is 29.3 Å². The van der Waals surface area contributed by atoms with Crippen LogP contribution in [0.25, 0.3) is 0 Å². The van der Waals surface area contributed by atoms with Gasteiger partial charge in [-0.3, -0.25) is 14.8 Å². The van der Waals surface area contributed by atoms with E-state index in [1.165, 1.54) is 49.2 Å². The zero-order chi connectivity index (χ0) is 20.9. The SMILES string of the molecule is CN=C(NCCN1CCN(c2cccc(C)c2C)CC1)N1CCC(N2CCCC2)C1.I. The first-order chi connectivity index (χ1) is 14.7. The molecule has 1 aromatic carbocycles. The Morgan fingerprint density at radius 2 is 1.77 bits per heavy atom. The lowest BCUT2D eigenvalue weighted by Crippen LogP contribution is -2.50. The molecular formula is C24H41IN6. The van der Waals surface area contributed by atoms with Gasteiger partial charge in [0.2, 0.25) is 0 Å². The lowest BCUT2D eigenvalue weighted by molar-refractivity contribution is 0.248. The third-order valence-corrected chi connectivity index (χ3v) is 7.33. The fourth-order valence-electron chi connectivity index (χ4n) is 5.29. The maximum absolute atomic E-state index is 4.57. The van der Waals surface area contributed by atoms with Gasteiger partial charge in [-0.15, -0.1) is 24.0 Å². The average Bonchev–Trinajstić information content (AvgIpc) is 3.46. The summed E-state index contributed by atoms with van der Waals surface area (Å²) in [7, 11) is 1.93. The van der Waals surface area contributed by atoms with Crippen LogP contribution in [-0.2, 0) is 0 Å². The Morgan fingerprint density at radius 1 is 1.03 bits per heavy atom. The summed E-state index contributed by atoms with van der Waals surface area (Å²) in [5.41, 5.74) is 4.23. The van der Waals surface area contributed by atoms with Crippen LogP contribution in [0.15, 0.2) is 23.2 Å². The molecule has 4 rings (SSSR count). The number of benzene rings is 1. The maximum Gasteiger partial charge on any atom is 0.193 e. The minimum absolute atomic E-state index is 0. The Hall–Kier alpha value is -1.06. The number of rotatable bonds is 5. The summed E-state index contributed by atoms with van der Waals surface area (Å²) in [4.78, 5) is 14.8. The van der Waals surface area contributed by atoms with Crippen LogP contribution in [0.5, 0.6) is 0 Å². The van der Waals surface area contributed by atoms with Crippen molar-refractivity contribution in [3.8, 4) is 0 Å². The van der Waals surface area contributed by atoms with Gasteiger partial charge in [-0.05, 0) is 63.4 Å². The Morgan fingerprint density at radius 3 is 2.48 bits per heavy atom. The highest BCUT2D eigenvalue weighted by Crippen LogP contribution is 2.24. The van der Waals surface area contributed by atoms with E-state index in [0.29, 0.717) is 0 Å². The summed E-state index contributed by atoms with van der Waals surface area (Å²) < 4.78 is 0. The van der Waals surface area contributed by atoms with Crippen molar-refractivity contribution in [2.24, 2.45) is 4.99 Å². The summed E-state index contributed by atoms with van der Waals surface area (Å²) in [6, 6.07) is 7.40. The standard InChI is InChI=1S/C24H40N6.HI/c1-20-7-6-8-23(21(20)2)29-17-15-27(16-18-29)14-10-26-24(25-3)30-13-9-22(19-30)28-11-4-5-12-28;/h6-8,22H,4-5,9-19H2,1-3H3,(H,25,26);1H. The van der Waals surface area contributed by atoms with Gasteiger partial charge >= 0.3 is 0 Å². The molecule has 3 heterocycles. The lowest BCUT2D eigenvalue weighted by atomic mass is 10.1. The molecule has 0 aliphatic carbocycles. The average molecular weight is 541 g/mol. The largest absolute Gasteiger partial charge is 0.369 e. The summed E-state index contributed by atoms with van der Waals surface area (Å²) >= 11 is 0. The minimum atomic E-state index is 0. The van der Waals surface area contributed by atoms with Crippen LogP contribution in [-0.4, -0.2) is 99.2 Å². The normalized spacial score (nSPS) is 23.3. The molecule has 0 radical (unpaired) electrons. The van der Waals surface area contributed by atoms with Gasteiger partial charge in [-0.2, -0.15) is 0 Å². The third kappa shape index (κ3) is 6.05. The molecular weight excluding hydrogens is 499 g/mol. The molecule has 0 spiro atoms. The molecule has 1 aromatic rings. The van der Waals surface area contributed by atoms with E-state index in [-0.39, 0.29) is 24.0 Å². The van der Waals surface area contributed by atoms with Crippen molar-refractivity contribution >= 4 is 35.6 Å². The molecule has 3 aliphatic heterocycles. The van der Waals surface area contributed by atoms with Crippen LogP contribution in [0.4, 0.5) is 5.69 Å². The van der Waals surface area contributed by atoms with Crippen molar-refractivity contribution < 1.29 is 0 Å². The van der Waals surface area contributed by atoms with Crippen molar-refractivity contribution in [2.75, 3.05) is 77.4 Å². The van der Waals surface area contributed by atoms with Gasteiger partial charge in [0.25, 0.3) is 0 Å². The smallest absolute Gasteiger partial charge is 0.193 e. The molecule has 7 heteroatoms. The monoisotopic (exact) mass is 540 g/mol. The summed E-state index contributed by atoms with van der Waals surface area (Å²) in [6.45, 7) is 15.9. The number of likely N-dealkylation sites (tertiary alicyclic amines) is 2. The third-order valence-electron chi connectivity index (χ3n) is 7.33. The van der Waals surface area contributed by atoms with E-state index in [2.05, 4.69) is 62.0 Å². The fourth-order valence-corrected chi connectivity index (χ4v) is 5.29. The van der Waals surface area contributed by atoms with Gasteiger partial charge in [-0.25, -0.2) is 0 Å². The summed E-state index contributed by atoms with van der Waals surface area (Å²) in [6.07, 6.45) is 4.03. The molecule has 1 N–H and O–H groups in total. The maximum atomic E-state index is 4.57. The van der Waals surface area contributed by atoms with Crippen molar-refractivity contribution in [1.82, 2.24) is 20.0 Å². The number of halogens is 1. The first kappa shape index (κ1) is 24.6. The van der Waals surface area contributed by atoms with Crippen LogP contribution in [0.2, 0.25) is 0 Å². The van der Waals surface area contributed by atoms with Gasteiger partial charge in [0.05, 0.1) is 0 Å². The van der Waals surface area contributed by atoms with E-state index in [0.717, 1.165) is 64.4 Å². The highest BCUT2D eigenvalue weighted by atomic mass is 127. The van der Waals surface area contributed by atoms with E-state index in [4.69, 9.17) is 0 Å². The van der Waals surface area contributed by atoms with Gasteiger partial charge in [0, 0.05) is 71.1 Å². The summed E-state index contributed by atoms with van der Waals surface area (Å²) in [5, 5.41) is 3.63. The van der Waals surface area contributed by atoms with Crippen molar-refractivity contribution in [2.45, 2.75) is 39.2 Å². The summed E-state index contributed by atoms with van der Waals surface area (Å²) in [5.74, 6) is 1.09. The van der Waals surface area contributed by atoms with Crippen LogP contribution in [0.1, 0.15) is 30.4 Å². The number of piperazine rings is 1. The Balaban J connectivity index is 0.00000272. The van der Waals surface area contributed by atoms with Gasteiger partial charge in [0.1, 0.15) is 0 Å². The van der Waals surface area contributed by atoms with Crippen molar-refractivity contribution in [3.63, 3.8) is 0 Å². The molecule has 3 aliphatic rings. The number of nitrogens with one attached hydrogen (secondary N) is 1. The number of aryl methyl sites for hydroxylation is 1. The van der Waals surface area contributed by atoms with Gasteiger partial charge in [0.15, 0.2) is 5.96 Å². The molecule has 0 bridgehead atoms. The topological polar surface area (TPSA) is 37.4 Å². The number of nitrogens with zero attached hydrogens (tertiary/aromatic N) is 5. The molecule has 3 fully saturated rings. The first-order valence-corrected chi connectivity index (χ1v) is 11.9. The highest BCUT2D eigenvalue weighted by Gasteiger charge is 2.30. The van der Waals surface area contributed by atoms with Gasteiger partial charge in [-0.1, -0.05) is 12.1 Å². The first-order valence-electron chi connectivity index (χ1n) is 11.9. The lowest BCUT2D eigenvalue weighted by Gasteiger charge is -2.37. The fraction of sp³-hybridized carbons (Fsp3) is 0.708. The van der Waals surface area contributed by atoms with Crippen molar-refractivity contribution in [1.29, 1.82) is 0 Å². The molecule has 0 aromatic heterocycles. The second-order valence-corrected chi connectivity index (χ2v) is 9.15. The second-order valence-electron chi connectivity index (χ2n) is 9.15. The minimum Gasteiger partial charge on any atom is -0.369 e. The molecule has 3 saturated heterocycles. The van der Waals surface area contributed by atoms with Crippen LogP contribution < -0.4 is 10.2 Å². The van der Waals surface area contributed by atoms with E-state index in [9.17, 15) is 0 Å². The van der Waals surface area contributed by atoms with E-state index in [1.54, 1.807) is 0 Å². The Bertz CT molecular complexity index is 725. The van der Waals surface area contributed by atoms with E-state index >= 15 is 0 Å². The molecule has 6 nitrogen and oxygen atoms in total. The second kappa shape index (κ2) is 11.7. The Kier molecular flexibility index (Phi) is 9.28.